The Morgan fingerprint density at radius 1 is 0.328 bits per heavy atom. The molecule has 0 aliphatic heterocycles. The van der Waals surface area contributed by atoms with Crippen LogP contribution in [0.2, 0.25) is 0 Å². The molecule has 1 spiro atoms. The van der Waals surface area contributed by atoms with E-state index in [-0.39, 0.29) is 0 Å². The van der Waals surface area contributed by atoms with Gasteiger partial charge in [-0.3, -0.25) is 0 Å². The predicted octanol–water partition coefficient (Wildman–Crippen LogP) is 15.4. The molecule has 0 atom stereocenters. The lowest BCUT2D eigenvalue weighted by Crippen LogP contribution is -2.26. The molecule has 61 heavy (non-hydrogen) atoms. The molecule has 1 heterocycles. The third-order valence-electron chi connectivity index (χ3n) is 13.4. The maximum absolute atomic E-state index is 2.46. The van der Waals surface area contributed by atoms with Crippen LogP contribution < -0.4 is 4.90 Å². The van der Waals surface area contributed by atoms with Crippen molar-refractivity contribution in [2.24, 2.45) is 0 Å². The summed E-state index contributed by atoms with van der Waals surface area (Å²) < 4.78 is 2.41. The predicted molar refractivity (Wildman–Crippen MR) is 255 cm³/mol. The van der Waals surface area contributed by atoms with Gasteiger partial charge in [0.05, 0.1) is 16.4 Å². The standard InChI is InChI=1S/C59H38N2/c1-2-15-42(16-3-1)60(45-35-36-50-49-20-8-12-24-54(49)59(55(50)38-45)52-22-10-6-18-47(52)48-19-7-11-23-53(48)59)43-31-26-39(27-32-43)40-28-33-44(34-29-40)61-56-25-13-9-21-51(56)58-46-17-5-4-14-41(46)30-37-57(58)61/h1-38H. The Labute approximate surface area is 354 Å². The summed E-state index contributed by atoms with van der Waals surface area (Å²) in [5.74, 6) is 0. The van der Waals surface area contributed by atoms with Crippen LogP contribution in [0.4, 0.5) is 17.1 Å². The number of nitrogens with zero attached hydrogens (tertiary/aromatic N) is 2. The fraction of sp³-hybridized carbons (Fsp3) is 0.0169. The Kier molecular flexibility index (Phi) is 7.26. The first-order chi connectivity index (χ1) is 30.3. The molecule has 0 radical (unpaired) electrons. The number of anilines is 3. The lowest BCUT2D eigenvalue weighted by atomic mass is 9.70. The molecule has 0 bridgehead atoms. The van der Waals surface area contributed by atoms with Crippen molar-refractivity contribution in [3.05, 3.63) is 253 Å². The average Bonchev–Trinajstić information content (AvgIpc) is 3.94. The van der Waals surface area contributed by atoms with Gasteiger partial charge in [-0.2, -0.15) is 0 Å². The van der Waals surface area contributed by atoms with Gasteiger partial charge in [0.25, 0.3) is 0 Å². The first-order valence-corrected chi connectivity index (χ1v) is 21.2. The SMILES string of the molecule is c1ccc(N(c2ccc(-c3ccc(-n4c5ccccc5c5c6ccccc6ccc54)cc3)cc2)c2ccc3c(c2)C2(c4ccccc4-c4ccccc42)c2ccccc2-3)cc1. The summed E-state index contributed by atoms with van der Waals surface area (Å²) in [7, 11) is 0. The molecule has 0 saturated carbocycles. The van der Waals surface area contributed by atoms with E-state index in [0.29, 0.717) is 0 Å². The Bertz CT molecular complexity index is 3460. The minimum Gasteiger partial charge on any atom is -0.310 e. The molecule has 13 rings (SSSR count). The molecule has 0 saturated heterocycles. The third kappa shape index (κ3) is 4.79. The van der Waals surface area contributed by atoms with Crippen molar-refractivity contribution >= 4 is 49.6 Å². The molecule has 10 aromatic carbocycles. The van der Waals surface area contributed by atoms with E-state index in [2.05, 4.69) is 240 Å². The molecule has 284 valence electrons. The number of aromatic nitrogens is 1. The number of benzene rings is 10. The largest absolute Gasteiger partial charge is 0.310 e. The fourth-order valence-corrected chi connectivity index (χ4v) is 10.9. The second-order valence-corrected chi connectivity index (χ2v) is 16.4. The number of hydrogen-bond acceptors (Lipinski definition) is 1. The van der Waals surface area contributed by atoms with Crippen LogP contribution in [0.15, 0.2) is 231 Å². The van der Waals surface area contributed by atoms with E-state index in [0.717, 1.165) is 22.7 Å². The average molecular weight is 775 g/mol. The van der Waals surface area contributed by atoms with Crippen LogP contribution in [-0.4, -0.2) is 4.57 Å². The van der Waals surface area contributed by atoms with Gasteiger partial charge >= 0.3 is 0 Å². The van der Waals surface area contributed by atoms with Crippen LogP contribution in [0.3, 0.4) is 0 Å². The summed E-state index contributed by atoms with van der Waals surface area (Å²) in [5, 5.41) is 5.13. The van der Waals surface area contributed by atoms with Crippen LogP contribution in [-0.2, 0) is 5.41 Å². The fourth-order valence-electron chi connectivity index (χ4n) is 10.9. The number of fused-ring (bicyclic) bond motifs is 15. The summed E-state index contributed by atoms with van der Waals surface area (Å²) in [5.41, 5.74) is 19.6. The van der Waals surface area contributed by atoms with Gasteiger partial charge in [-0.15, -0.1) is 0 Å². The van der Waals surface area contributed by atoms with E-state index in [1.54, 1.807) is 0 Å². The first-order valence-electron chi connectivity index (χ1n) is 21.2. The molecule has 2 aliphatic carbocycles. The van der Waals surface area contributed by atoms with Gasteiger partial charge in [-0.25, -0.2) is 0 Å². The lowest BCUT2D eigenvalue weighted by molar-refractivity contribution is 0.793. The summed E-state index contributed by atoms with van der Waals surface area (Å²) >= 11 is 0. The minimum atomic E-state index is -0.402. The van der Waals surface area contributed by atoms with Crippen molar-refractivity contribution in [2.75, 3.05) is 4.90 Å². The van der Waals surface area contributed by atoms with Crippen molar-refractivity contribution in [1.29, 1.82) is 0 Å². The second-order valence-electron chi connectivity index (χ2n) is 16.4. The molecule has 1 aromatic heterocycles. The molecule has 0 fully saturated rings. The summed E-state index contributed by atoms with van der Waals surface area (Å²) in [6, 6.07) is 85.1. The zero-order valence-electron chi connectivity index (χ0n) is 33.3. The lowest BCUT2D eigenvalue weighted by Gasteiger charge is -2.32. The number of hydrogen-bond donors (Lipinski definition) is 0. The molecule has 2 nitrogen and oxygen atoms in total. The highest BCUT2D eigenvalue weighted by atomic mass is 15.1. The van der Waals surface area contributed by atoms with E-state index in [4.69, 9.17) is 0 Å². The minimum absolute atomic E-state index is 0.402. The van der Waals surface area contributed by atoms with Crippen LogP contribution in [0.5, 0.6) is 0 Å². The quantitative estimate of drug-likeness (QED) is 0.169. The molecule has 2 aliphatic rings. The van der Waals surface area contributed by atoms with Gasteiger partial charge in [0, 0.05) is 33.5 Å². The van der Waals surface area contributed by atoms with E-state index >= 15 is 0 Å². The summed E-state index contributed by atoms with van der Waals surface area (Å²) in [6.07, 6.45) is 0. The highest BCUT2D eigenvalue weighted by Gasteiger charge is 2.51. The van der Waals surface area contributed by atoms with Gasteiger partial charge in [0.2, 0.25) is 0 Å². The van der Waals surface area contributed by atoms with Gasteiger partial charge in [-0.1, -0.05) is 170 Å². The van der Waals surface area contributed by atoms with Crippen LogP contribution in [0, 0.1) is 0 Å². The molecule has 2 heteroatoms. The van der Waals surface area contributed by atoms with Gasteiger partial charge in [0.15, 0.2) is 0 Å². The van der Waals surface area contributed by atoms with Crippen LogP contribution >= 0.6 is 0 Å². The number of rotatable bonds is 5. The zero-order valence-corrected chi connectivity index (χ0v) is 33.3. The summed E-state index contributed by atoms with van der Waals surface area (Å²) in [6.45, 7) is 0. The molecular weight excluding hydrogens is 737 g/mol. The summed E-state index contributed by atoms with van der Waals surface area (Å²) in [4.78, 5) is 2.41. The Balaban J connectivity index is 0.910. The Morgan fingerprint density at radius 3 is 1.51 bits per heavy atom. The van der Waals surface area contributed by atoms with Crippen molar-refractivity contribution < 1.29 is 0 Å². The van der Waals surface area contributed by atoms with Crippen LogP contribution in [0.1, 0.15) is 22.3 Å². The smallest absolute Gasteiger partial charge is 0.0726 e. The monoisotopic (exact) mass is 774 g/mol. The third-order valence-corrected chi connectivity index (χ3v) is 13.4. The Hall–Kier alpha value is -7.94. The van der Waals surface area contributed by atoms with Crippen LogP contribution in [0.25, 0.3) is 71.6 Å². The molecular formula is C59H38N2. The second kappa shape index (κ2) is 13.0. The van der Waals surface area contributed by atoms with Gasteiger partial charge in [0.1, 0.15) is 0 Å². The number of para-hydroxylation sites is 2. The normalized spacial score (nSPS) is 13.0. The van der Waals surface area contributed by atoms with Gasteiger partial charge < -0.3 is 9.47 Å². The maximum atomic E-state index is 2.46. The highest BCUT2D eigenvalue weighted by molar-refractivity contribution is 6.21. The van der Waals surface area contributed by atoms with Crippen molar-refractivity contribution in [3.63, 3.8) is 0 Å². The zero-order chi connectivity index (χ0) is 40.1. The van der Waals surface area contributed by atoms with Crippen molar-refractivity contribution in [2.45, 2.75) is 5.41 Å². The maximum Gasteiger partial charge on any atom is 0.0726 e. The Morgan fingerprint density at radius 2 is 0.836 bits per heavy atom. The molecule has 0 amide bonds. The van der Waals surface area contributed by atoms with Crippen molar-refractivity contribution in [1.82, 2.24) is 4.57 Å². The van der Waals surface area contributed by atoms with E-state index in [1.165, 1.54) is 88.2 Å². The van der Waals surface area contributed by atoms with Gasteiger partial charge in [-0.05, 0) is 127 Å². The molecule has 0 N–H and O–H groups in total. The van der Waals surface area contributed by atoms with E-state index < -0.39 is 5.41 Å². The van der Waals surface area contributed by atoms with E-state index in [9.17, 15) is 0 Å². The first kappa shape index (κ1) is 34.0. The molecule has 11 aromatic rings. The topological polar surface area (TPSA) is 8.17 Å². The molecule has 0 unspecified atom stereocenters. The van der Waals surface area contributed by atoms with E-state index in [1.807, 2.05) is 0 Å². The van der Waals surface area contributed by atoms with Crippen molar-refractivity contribution in [3.8, 4) is 39.1 Å². The highest BCUT2D eigenvalue weighted by Crippen LogP contribution is 2.63.